The zero-order chi connectivity index (χ0) is 10.9. The van der Waals surface area contributed by atoms with Gasteiger partial charge in [-0.3, -0.25) is 0 Å². The van der Waals surface area contributed by atoms with Crippen LogP contribution in [-0.4, -0.2) is 26.0 Å². The van der Waals surface area contributed by atoms with E-state index in [4.69, 9.17) is 10.00 Å². The first-order chi connectivity index (χ1) is 7.09. The molecule has 0 saturated carbocycles. The number of sulfone groups is 1. The highest BCUT2D eigenvalue weighted by molar-refractivity contribution is 7.92. The van der Waals surface area contributed by atoms with Gasteiger partial charge in [0, 0.05) is 0 Å². The van der Waals surface area contributed by atoms with E-state index >= 15 is 0 Å². The van der Waals surface area contributed by atoms with Gasteiger partial charge in [-0.1, -0.05) is 0 Å². The molecule has 0 atom stereocenters. The zero-order valence-electron chi connectivity index (χ0n) is 7.88. The van der Waals surface area contributed by atoms with E-state index in [0.29, 0.717) is 11.3 Å². The van der Waals surface area contributed by atoms with Crippen molar-refractivity contribution in [1.29, 1.82) is 5.26 Å². The van der Waals surface area contributed by atoms with Crippen molar-refractivity contribution in [2.75, 3.05) is 11.5 Å². The topological polar surface area (TPSA) is 67.2 Å². The van der Waals surface area contributed by atoms with Crippen LogP contribution in [0.5, 0.6) is 5.75 Å². The molecule has 1 aromatic rings. The number of hydrogen-bond acceptors (Lipinski definition) is 4. The van der Waals surface area contributed by atoms with Crippen LogP contribution in [0.1, 0.15) is 5.56 Å². The second kappa shape index (κ2) is 3.55. The Bertz CT molecular complexity index is 486. The van der Waals surface area contributed by atoms with Crippen LogP contribution in [0.2, 0.25) is 0 Å². The number of nitriles is 1. The fourth-order valence-corrected chi connectivity index (χ4v) is 2.56. The van der Waals surface area contributed by atoms with E-state index in [-0.39, 0.29) is 17.6 Å². The number of ether oxygens (including phenoxy) is 1. The molecule has 1 saturated heterocycles. The first-order valence-electron chi connectivity index (χ1n) is 4.46. The summed E-state index contributed by atoms with van der Waals surface area (Å²) in [6.45, 7) is 0. The maximum Gasteiger partial charge on any atom is 0.157 e. The molecule has 4 nitrogen and oxygen atoms in total. The molecule has 1 aliphatic rings. The van der Waals surface area contributed by atoms with Crippen LogP contribution < -0.4 is 4.74 Å². The van der Waals surface area contributed by atoms with Crippen molar-refractivity contribution in [3.05, 3.63) is 29.8 Å². The first kappa shape index (κ1) is 9.99. The predicted octanol–water partition coefficient (Wildman–Crippen LogP) is 0.734. The second-order valence-corrected chi connectivity index (χ2v) is 5.61. The Morgan fingerprint density at radius 2 is 1.87 bits per heavy atom. The molecule has 5 heteroatoms. The minimum Gasteiger partial charge on any atom is -0.488 e. The van der Waals surface area contributed by atoms with Crippen molar-refractivity contribution in [1.82, 2.24) is 0 Å². The third kappa shape index (κ3) is 2.28. The lowest BCUT2D eigenvalue weighted by Crippen LogP contribution is -2.45. The molecule has 1 aliphatic heterocycles. The molecule has 0 aliphatic carbocycles. The Morgan fingerprint density at radius 3 is 2.33 bits per heavy atom. The van der Waals surface area contributed by atoms with Crippen LogP contribution in [-0.2, 0) is 9.84 Å². The summed E-state index contributed by atoms with van der Waals surface area (Å²) in [5, 5.41) is 8.57. The average Bonchev–Trinajstić information content (AvgIpc) is 2.16. The number of rotatable bonds is 2. The quantitative estimate of drug-likeness (QED) is 0.741. The Balaban J connectivity index is 1.98. The standard InChI is InChI=1S/C10H9NO3S/c11-5-8-1-3-9(4-2-8)14-10-6-15(12,13)7-10/h1-4,10H,6-7H2. The van der Waals surface area contributed by atoms with E-state index in [1.165, 1.54) is 0 Å². The molecule has 0 spiro atoms. The van der Waals surface area contributed by atoms with E-state index in [2.05, 4.69) is 0 Å². The van der Waals surface area contributed by atoms with Crippen LogP contribution in [0.15, 0.2) is 24.3 Å². The summed E-state index contributed by atoms with van der Waals surface area (Å²) in [5.74, 6) is 0.786. The van der Waals surface area contributed by atoms with Crippen molar-refractivity contribution in [3.63, 3.8) is 0 Å². The molecule has 1 fully saturated rings. The summed E-state index contributed by atoms with van der Waals surface area (Å²) in [6.07, 6.45) is -0.233. The van der Waals surface area contributed by atoms with Crippen molar-refractivity contribution < 1.29 is 13.2 Å². The molecule has 78 valence electrons. The van der Waals surface area contributed by atoms with Crippen LogP contribution in [0, 0.1) is 11.3 Å². The van der Waals surface area contributed by atoms with E-state index in [9.17, 15) is 8.42 Å². The van der Waals surface area contributed by atoms with Gasteiger partial charge in [0.05, 0.1) is 23.1 Å². The molecule has 0 aromatic heterocycles. The molecule has 0 unspecified atom stereocenters. The van der Waals surface area contributed by atoms with Gasteiger partial charge in [-0.2, -0.15) is 5.26 Å². The lowest BCUT2D eigenvalue weighted by atomic mass is 10.2. The van der Waals surface area contributed by atoms with Crippen molar-refractivity contribution in [2.24, 2.45) is 0 Å². The predicted molar refractivity (Wildman–Crippen MR) is 54.2 cm³/mol. The molecule has 0 bridgehead atoms. The lowest BCUT2D eigenvalue weighted by Gasteiger charge is -2.26. The first-order valence-corrected chi connectivity index (χ1v) is 6.28. The van der Waals surface area contributed by atoms with E-state index in [0.717, 1.165) is 0 Å². The van der Waals surface area contributed by atoms with Gasteiger partial charge < -0.3 is 4.74 Å². The van der Waals surface area contributed by atoms with E-state index in [1.807, 2.05) is 6.07 Å². The minimum atomic E-state index is -2.84. The largest absolute Gasteiger partial charge is 0.488 e. The molecule has 1 aromatic carbocycles. The molecule has 0 radical (unpaired) electrons. The molecular weight excluding hydrogens is 214 g/mol. The van der Waals surface area contributed by atoms with Crippen LogP contribution in [0.25, 0.3) is 0 Å². The van der Waals surface area contributed by atoms with E-state index in [1.54, 1.807) is 24.3 Å². The zero-order valence-corrected chi connectivity index (χ0v) is 8.70. The summed E-state index contributed by atoms with van der Waals surface area (Å²) in [6, 6.07) is 8.62. The van der Waals surface area contributed by atoms with Crippen LogP contribution in [0.3, 0.4) is 0 Å². The van der Waals surface area contributed by atoms with Gasteiger partial charge in [0.2, 0.25) is 0 Å². The Kier molecular flexibility index (Phi) is 2.37. The number of nitrogens with zero attached hydrogens (tertiary/aromatic N) is 1. The van der Waals surface area contributed by atoms with Gasteiger partial charge in [0.15, 0.2) is 9.84 Å². The maximum absolute atomic E-state index is 10.9. The molecule has 0 amide bonds. The minimum absolute atomic E-state index is 0.0903. The summed E-state index contributed by atoms with van der Waals surface area (Å²) in [7, 11) is -2.84. The fourth-order valence-electron chi connectivity index (χ4n) is 1.39. The summed E-state index contributed by atoms with van der Waals surface area (Å²) < 4.78 is 27.1. The summed E-state index contributed by atoms with van der Waals surface area (Å²) in [4.78, 5) is 0. The van der Waals surface area contributed by atoms with Crippen LogP contribution in [0.4, 0.5) is 0 Å². The van der Waals surface area contributed by atoms with Gasteiger partial charge in [-0.05, 0) is 24.3 Å². The number of hydrogen-bond donors (Lipinski definition) is 0. The Morgan fingerprint density at radius 1 is 1.27 bits per heavy atom. The smallest absolute Gasteiger partial charge is 0.157 e. The third-order valence-electron chi connectivity index (χ3n) is 2.17. The normalized spacial score (nSPS) is 18.9. The Hall–Kier alpha value is -1.54. The monoisotopic (exact) mass is 223 g/mol. The van der Waals surface area contributed by atoms with Gasteiger partial charge in [-0.15, -0.1) is 0 Å². The van der Waals surface area contributed by atoms with Crippen molar-refractivity contribution in [2.45, 2.75) is 6.10 Å². The Labute approximate surface area is 88.0 Å². The lowest BCUT2D eigenvalue weighted by molar-refractivity contribution is 0.230. The van der Waals surface area contributed by atoms with Crippen LogP contribution >= 0.6 is 0 Å². The fraction of sp³-hybridized carbons (Fsp3) is 0.300. The highest BCUT2D eigenvalue weighted by Gasteiger charge is 2.35. The summed E-state index contributed by atoms with van der Waals surface area (Å²) in [5.41, 5.74) is 0.559. The van der Waals surface area contributed by atoms with Crippen molar-refractivity contribution >= 4 is 9.84 Å². The molecule has 0 N–H and O–H groups in total. The van der Waals surface area contributed by atoms with Gasteiger partial charge in [-0.25, -0.2) is 8.42 Å². The highest BCUT2D eigenvalue weighted by Crippen LogP contribution is 2.19. The van der Waals surface area contributed by atoms with Gasteiger partial charge in [0.1, 0.15) is 11.9 Å². The number of benzene rings is 1. The molecule has 15 heavy (non-hydrogen) atoms. The molecule has 2 rings (SSSR count). The average molecular weight is 223 g/mol. The maximum atomic E-state index is 10.9. The third-order valence-corrected chi connectivity index (χ3v) is 3.93. The SMILES string of the molecule is N#Cc1ccc(OC2CS(=O)(=O)C2)cc1. The highest BCUT2D eigenvalue weighted by atomic mass is 32.2. The van der Waals surface area contributed by atoms with E-state index < -0.39 is 9.84 Å². The van der Waals surface area contributed by atoms with Gasteiger partial charge >= 0.3 is 0 Å². The second-order valence-electron chi connectivity index (χ2n) is 3.45. The van der Waals surface area contributed by atoms with Gasteiger partial charge in [0.25, 0.3) is 0 Å². The molecule has 1 heterocycles. The van der Waals surface area contributed by atoms with Crippen molar-refractivity contribution in [3.8, 4) is 11.8 Å². The molecular formula is C10H9NO3S. The summed E-state index contributed by atoms with van der Waals surface area (Å²) >= 11 is 0.